The molecular weight excluding hydrogens is 335 g/mol. The fourth-order valence-electron chi connectivity index (χ4n) is 2.46. The van der Waals surface area contributed by atoms with Crippen molar-refractivity contribution in [2.45, 2.75) is 0 Å². The summed E-state index contributed by atoms with van der Waals surface area (Å²) in [6, 6.07) is 16.0. The molecule has 0 amide bonds. The first-order valence-corrected chi connectivity index (χ1v) is 8.39. The molecule has 25 heavy (non-hydrogen) atoms. The molecule has 0 saturated carbocycles. The van der Waals surface area contributed by atoms with Gasteiger partial charge in [0, 0.05) is 10.9 Å². The average Bonchev–Trinajstić information content (AvgIpc) is 3.27. The Kier molecular flexibility index (Phi) is 3.84. The lowest BCUT2D eigenvalue weighted by Gasteiger charge is -1.95. The lowest BCUT2D eigenvalue weighted by atomic mass is 10.2. The molecule has 0 atom stereocenters. The molecule has 4 nitrogen and oxygen atoms in total. The summed E-state index contributed by atoms with van der Waals surface area (Å²) in [6.07, 6.45) is 1.70. The molecule has 1 N–H and O–H groups in total. The molecule has 6 heteroatoms. The standard InChI is InChI=1S/C19H11FN4S/c20-14-7-5-12(6-8-14)19-22-15(11-25-19)9-13(10-21)18-23-16-3-1-2-4-17(16)24-18/h1-9,11H,(H,23,24). The van der Waals surface area contributed by atoms with Gasteiger partial charge >= 0.3 is 0 Å². The Hall–Kier alpha value is -3.30. The molecule has 0 aliphatic rings. The zero-order valence-electron chi connectivity index (χ0n) is 12.9. The highest BCUT2D eigenvalue weighted by Crippen LogP contribution is 2.26. The first kappa shape index (κ1) is 15.2. The van der Waals surface area contributed by atoms with Crippen LogP contribution in [-0.2, 0) is 0 Å². The number of rotatable bonds is 3. The van der Waals surface area contributed by atoms with Crippen LogP contribution in [0.25, 0.3) is 33.3 Å². The normalized spacial score (nSPS) is 11.6. The fourth-order valence-corrected chi connectivity index (χ4v) is 3.24. The van der Waals surface area contributed by atoms with E-state index < -0.39 is 0 Å². The number of halogens is 1. The molecule has 0 bridgehead atoms. The van der Waals surface area contributed by atoms with E-state index in [0.29, 0.717) is 17.1 Å². The number of aromatic amines is 1. The van der Waals surface area contributed by atoms with Gasteiger partial charge in [-0.1, -0.05) is 12.1 Å². The van der Waals surface area contributed by atoms with Crippen LogP contribution in [0, 0.1) is 17.1 Å². The number of allylic oxidation sites excluding steroid dienone is 1. The summed E-state index contributed by atoms with van der Waals surface area (Å²) in [5.74, 6) is 0.233. The van der Waals surface area contributed by atoms with Gasteiger partial charge in [-0.2, -0.15) is 5.26 Å². The molecule has 2 aromatic carbocycles. The van der Waals surface area contributed by atoms with Crippen molar-refractivity contribution in [2.24, 2.45) is 0 Å². The number of thiazole rings is 1. The van der Waals surface area contributed by atoms with Crippen molar-refractivity contribution < 1.29 is 4.39 Å². The first-order valence-electron chi connectivity index (χ1n) is 7.51. The SMILES string of the molecule is N#CC(=Cc1csc(-c2ccc(F)cc2)n1)c1nc2ccccc2[nH]1. The Balaban J connectivity index is 1.69. The second kappa shape index (κ2) is 6.30. The summed E-state index contributed by atoms with van der Waals surface area (Å²) in [6.45, 7) is 0. The number of benzene rings is 2. The number of para-hydroxylation sites is 2. The molecular formula is C19H11FN4S. The molecule has 2 aromatic heterocycles. The Bertz CT molecular complexity index is 1080. The van der Waals surface area contributed by atoms with Crippen molar-refractivity contribution in [1.82, 2.24) is 15.0 Å². The number of fused-ring (bicyclic) bond motifs is 1. The number of imidazole rings is 1. The Labute approximate surface area is 146 Å². The summed E-state index contributed by atoms with van der Waals surface area (Å²) >= 11 is 1.44. The van der Waals surface area contributed by atoms with Crippen LogP contribution in [-0.4, -0.2) is 15.0 Å². The van der Waals surface area contributed by atoms with Crippen LogP contribution in [0.5, 0.6) is 0 Å². The maximum Gasteiger partial charge on any atom is 0.149 e. The Morgan fingerprint density at radius 3 is 2.68 bits per heavy atom. The van der Waals surface area contributed by atoms with Gasteiger partial charge in [0.15, 0.2) is 0 Å². The van der Waals surface area contributed by atoms with E-state index in [9.17, 15) is 9.65 Å². The lowest BCUT2D eigenvalue weighted by Crippen LogP contribution is -1.85. The summed E-state index contributed by atoms with van der Waals surface area (Å²) in [5, 5.41) is 12.1. The molecule has 4 rings (SSSR count). The van der Waals surface area contributed by atoms with Crippen molar-refractivity contribution in [1.29, 1.82) is 5.26 Å². The molecule has 0 spiro atoms. The van der Waals surface area contributed by atoms with E-state index in [1.807, 2.05) is 29.6 Å². The third kappa shape index (κ3) is 3.05. The summed E-state index contributed by atoms with van der Waals surface area (Å²) < 4.78 is 13.0. The van der Waals surface area contributed by atoms with Crippen molar-refractivity contribution >= 4 is 34.0 Å². The molecule has 0 unspecified atom stereocenters. The molecule has 0 aliphatic heterocycles. The maximum atomic E-state index is 13.0. The van der Waals surface area contributed by atoms with Gasteiger partial charge in [0.25, 0.3) is 0 Å². The van der Waals surface area contributed by atoms with Crippen molar-refractivity contribution in [3.8, 4) is 16.6 Å². The van der Waals surface area contributed by atoms with Crippen LogP contribution in [0.3, 0.4) is 0 Å². The smallest absolute Gasteiger partial charge is 0.149 e. The van der Waals surface area contributed by atoms with Crippen LogP contribution in [0.2, 0.25) is 0 Å². The molecule has 4 aromatic rings. The quantitative estimate of drug-likeness (QED) is 0.537. The van der Waals surface area contributed by atoms with Gasteiger partial charge in [0.05, 0.1) is 22.3 Å². The predicted molar refractivity (Wildman–Crippen MR) is 97.1 cm³/mol. The van der Waals surface area contributed by atoms with E-state index in [2.05, 4.69) is 21.0 Å². The molecule has 0 radical (unpaired) electrons. The number of nitriles is 1. The van der Waals surface area contributed by atoms with Crippen LogP contribution in [0.1, 0.15) is 11.5 Å². The van der Waals surface area contributed by atoms with Gasteiger partial charge < -0.3 is 4.98 Å². The first-order chi connectivity index (χ1) is 12.2. The van der Waals surface area contributed by atoms with E-state index in [4.69, 9.17) is 0 Å². The highest BCUT2D eigenvalue weighted by atomic mass is 32.1. The maximum absolute atomic E-state index is 13.0. The second-order valence-corrected chi connectivity index (χ2v) is 6.21. The van der Waals surface area contributed by atoms with Crippen LogP contribution >= 0.6 is 11.3 Å². The van der Waals surface area contributed by atoms with Gasteiger partial charge in [0.1, 0.15) is 22.7 Å². The van der Waals surface area contributed by atoms with Crippen LogP contribution in [0.4, 0.5) is 4.39 Å². The number of aromatic nitrogens is 3. The monoisotopic (exact) mass is 346 g/mol. The van der Waals surface area contributed by atoms with Gasteiger partial charge in [0.2, 0.25) is 0 Å². The number of hydrogen-bond donors (Lipinski definition) is 1. The zero-order valence-corrected chi connectivity index (χ0v) is 13.7. The largest absolute Gasteiger partial charge is 0.337 e. The van der Waals surface area contributed by atoms with Crippen molar-refractivity contribution in [2.75, 3.05) is 0 Å². The number of hydrogen-bond acceptors (Lipinski definition) is 4. The Morgan fingerprint density at radius 1 is 1.12 bits per heavy atom. The van der Waals surface area contributed by atoms with Crippen molar-refractivity contribution in [3.05, 3.63) is 71.2 Å². The third-order valence-electron chi connectivity index (χ3n) is 3.67. The highest BCUT2D eigenvalue weighted by molar-refractivity contribution is 7.13. The molecule has 120 valence electrons. The van der Waals surface area contributed by atoms with Crippen LogP contribution < -0.4 is 0 Å². The minimum atomic E-state index is -0.280. The molecule has 0 aliphatic carbocycles. The van der Waals surface area contributed by atoms with E-state index in [0.717, 1.165) is 21.6 Å². The topological polar surface area (TPSA) is 65.4 Å². The van der Waals surface area contributed by atoms with E-state index in [1.54, 1.807) is 18.2 Å². The van der Waals surface area contributed by atoms with Crippen molar-refractivity contribution in [3.63, 3.8) is 0 Å². The predicted octanol–water partition coefficient (Wildman–Crippen LogP) is 4.89. The zero-order chi connectivity index (χ0) is 17.2. The third-order valence-corrected chi connectivity index (χ3v) is 4.58. The molecule has 0 fully saturated rings. The van der Waals surface area contributed by atoms with Gasteiger partial charge in [-0.15, -0.1) is 11.3 Å². The van der Waals surface area contributed by atoms with Crippen LogP contribution in [0.15, 0.2) is 53.9 Å². The highest BCUT2D eigenvalue weighted by Gasteiger charge is 2.09. The van der Waals surface area contributed by atoms with E-state index in [1.165, 1.54) is 23.5 Å². The minimum Gasteiger partial charge on any atom is -0.337 e. The second-order valence-electron chi connectivity index (χ2n) is 5.36. The molecule has 2 heterocycles. The number of nitrogens with one attached hydrogen (secondary N) is 1. The summed E-state index contributed by atoms with van der Waals surface area (Å²) in [5.41, 5.74) is 3.61. The van der Waals surface area contributed by atoms with E-state index >= 15 is 0 Å². The fraction of sp³-hybridized carbons (Fsp3) is 0. The van der Waals surface area contributed by atoms with E-state index in [-0.39, 0.29) is 5.82 Å². The Morgan fingerprint density at radius 2 is 1.92 bits per heavy atom. The number of H-pyrrole nitrogens is 1. The van der Waals surface area contributed by atoms with Gasteiger partial charge in [-0.3, -0.25) is 0 Å². The lowest BCUT2D eigenvalue weighted by molar-refractivity contribution is 0.628. The number of nitrogens with zero attached hydrogens (tertiary/aromatic N) is 3. The minimum absolute atomic E-state index is 0.280. The van der Waals surface area contributed by atoms with Gasteiger partial charge in [-0.25, -0.2) is 14.4 Å². The molecule has 0 saturated heterocycles. The van der Waals surface area contributed by atoms with Gasteiger partial charge in [-0.05, 0) is 42.5 Å². The summed E-state index contributed by atoms with van der Waals surface area (Å²) in [7, 11) is 0. The summed E-state index contributed by atoms with van der Waals surface area (Å²) in [4.78, 5) is 12.1. The average molecular weight is 346 g/mol.